The number of para-hydroxylation sites is 1. The molecule has 118 valence electrons. The van der Waals surface area contributed by atoms with E-state index in [9.17, 15) is 14.3 Å². The summed E-state index contributed by atoms with van der Waals surface area (Å²) in [7, 11) is 0. The Labute approximate surface area is 128 Å². The summed E-state index contributed by atoms with van der Waals surface area (Å²) in [5, 5.41) is 9.58. The van der Waals surface area contributed by atoms with Gasteiger partial charge in [0.15, 0.2) is 5.82 Å². The second-order valence-electron chi connectivity index (χ2n) is 5.95. The topological polar surface area (TPSA) is 69.2 Å². The van der Waals surface area contributed by atoms with Gasteiger partial charge in [-0.1, -0.05) is 6.07 Å². The first kappa shape index (κ1) is 15.0. The molecule has 2 heterocycles. The van der Waals surface area contributed by atoms with Crippen LogP contribution in [0.2, 0.25) is 0 Å². The molecule has 0 radical (unpaired) electrons. The number of hydrogen-bond donors (Lipinski definition) is 2. The number of nitrogens with one attached hydrogen (secondary N) is 1. The van der Waals surface area contributed by atoms with E-state index in [2.05, 4.69) is 9.97 Å². The summed E-state index contributed by atoms with van der Waals surface area (Å²) < 4.78 is 13.6. The van der Waals surface area contributed by atoms with Crippen LogP contribution < -0.4 is 0 Å². The number of amides is 1. The number of carbonyl (C=O) groups excluding carboxylic acids is 1. The van der Waals surface area contributed by atoms with Gasteiger partial charge < -0.3 is 15.0 Å². The van der Waals surface area contributed by atoms with Crippen LogP contribution in [0.4, 0.5) is 4.39 Å². The molecule has 1 aliphatic rings. The Kier molecular flexibility index (Phi) is 4.11. The maximum atomic E-state index is 13.6. The van der Waals surface area contributed by atoms with Crippen molar-refractivity contribution < 1.29 is 14.3 Å². The van der Waals surface area contributed by atoms with Crippen molar-refractivity contribution >= 4 is 16.9 Å². The Morgan fingerprint density at radius 1 is 1.59 bits per heavy atom. The van der Waals surface area contributed by atoms with E-state index in [-0.39, 0.29) is 23.7 Å². The third-order valence-electron chi connectivity index (χ3n) is 4.35. The minimum absolute atomic E-state index is 0.0593. The molecule has 1 aromatic heterocycles. The number of aliphatic hydroxyl groups excluding tert-OH is 1. The molecule has 1 aliphatic heterocycles. The number of imidazole rings is 1. The van der Waals surface area contributed by atoms with Crippen molar-refractivity contribution in [2.45, 2.75) is 32.3 Å². The molecule has 1 aromatic carbocycles. The number of aromatic amines is 1. The van der Waals surface area contributed by atoms with Crippen LogP contribution in [0, 0.1) is 11.7 Å². The number of aryl methyl sites for hydroxylation is 1. The second-order valence-corrected chi connectivity index (χ2v) is 5.95. The largest absolute Gasteiger partial charge is 0.393 e. The summed E-state index contributed by atoms with van der Waals surface area (Å²) in [5.74, 6) is 0.499. The minimum Gasteiger partial charge on any atom is -0.393 e. The third kappa shape index (κ3) is 2.97. The number of halogens is 1. The van der Waals surface area contributed by atoms with Crippen LogP contribution in [0.25, 0.3) is 11.0 Å². The smallest absolute Gasteiger partial charge is 0.223 e. The normalized spacial score (nSPS) is 19.8. The van der Waals surface area contributed by atoms with Crippen LogP contribution in [0.5, 0.6) is 0 Å². The van der Waals surface area contributed by atoms with Gasteiger partial charge in [-0.2, -0.15) is 0 Å². The quantitative estimate of drug-likeness (QED) is 0.906. The predicted molar refractivity (Wildman–Crippen MR) is 80.7 cm³/mol. The van der Waals surface area contributed by atoms with Crippen molar-refractivity contribution in [2.24, 2.45) is 5.92 Å². The average Bonchev–Trinajstić information content (AvgIpc) is 3.12. The maximum absolute atomic E-state index is 13.6. The molecule has 1 amide bonds. The Hall–Kier alpha value is -1.95. The highest BCUT2D eigenvalue weighted by Gasteiger charge is 2.28. The van der Waals surface area contributed by atoms with Crippen LogP contribution >= 0.6 is 0 Å². The zero-order valence-corrected chi connectivity index (χ0v) is 12.6. The summed E-state index contributed by atoms with van der Waals surface area (Å²) in [5.41, 5.74) is 0.970. The number of rotatable bonds is 4. The molecule has 2 unspecified atom stereocenters. The predicted octanol–water partition coefficient (Wildman–Crippen LogP) is 1.86. The zero-order valence-electron chi connectivity index (χ0n) is 12.6. The van der Waals surface area contributed by atoms with Crippen molar-refractivity contribution in [1.82, 2.24) is 14.9 Å². The van der Waals surface area contributed by atoms with Gasteiger partial charge in [-0.25, -0.2) is 9.37 Å². The van der Waals surface area contributed by atoms with E-state index in [4.69, 9.17) is 0 Å². The molecule has 2 N–H and O–H groups in total. The molecular formula is C16H20FN3O2. The fourth-order valence-corrected chi connectivity index (χ4v) is 2.96. The standard InChI is InChI=1S/C16H20FN3O2/c1-10(21)11-7-8-20(9-11)15(22)6-5-14-18-13-4-2-3-12(17)16(13)19-14/h2-4,10-11,21H,5-9H2,1H3,(H,18,19). The highest BCUT2D eigenvalue weighted by Crippen LogP contribution is 2.21. The van der Waals surface area contributed by atoms with Crippen molar-refractivity contribution in [3.05, 3.63) is 29.8 Å². The van der Waals surface area contributed by atoms with Crippen molar-refractivity contribution in [3.8, 4) is 0 Å². The Morgan fingerprint density at radius 2 is 2.41 bits per heavy atom. The number of hydrogen-bond acceptors (Lipinski definition) is 3. The molecule has 0 spiro atoms. The summed E-state index contributed by atoms with van der Waals surface area (Å²) in [6.07, 6.45) is 1.27. The van der Waals surface area contributed by atoms with Crippen LogP contribution in [0.15, 0.2) is 18.2 Å². The fraction of sp³-hybridized carbons (Fsp3) is 0.500. The van der Waals surface area contributed by atoms with E-state index >= 15 is 0 Å². The number of aromatic nitrogens is 2. The number of likely N-dealkylation sites (tertiary alicyclic amines) is 1. The Morgan fingerprint density at radius 3 is 3.09 bits per heavy atom. The molecule has 5 nitrogen and oxygen atoms in total. The number of H-pyrrole nitrogens is 1. The van der Waals surface area contributed by atoms with E-state index in [1.54, 1.807) is 24.0 Å². The summed E-state index contributed by atoms with van der Waals surface area (Å²) in [6.45, 7) is 3.08. The minimum atomic E-state index is -0.379. The second kappa shape index (κ2) is 6.04. The van der Waals surface area contributed by atoms with Gasteiger partial charge in [0.1, 0.15) is 11.3 Å². The number of carbonyl (C=O) groups is 1. The first-order chi connectivity index (χ1) is 10.5. The van der Waals surface area contributed by atoms with E-state index in [0.717, 1.165) is 6.42 Å². The lowest BCUT2D eigenvalue weighted by Gasteiger charge is -2.17. The van der Waals surface area contributed by atoms with Gasteiger partial charge in [-0.3, -0.25) is 4.79 Å². The molecule has 2 atom stereocenters. The van der Waals surface area contributed by atoms with E-state index in [1.165, 1.54) is 6.07 Å². The number of nitrogens with zero attached hydrogens (tertiary/aromatic N) is 2. The SMILES string of the molecule is CC(O)C1CCN(C(=O)CCc2nc3c(F)cccc3[nH]2)C1. The molecule has 1 saturated heterocycles. The zero-order chi connectivity index (χ0) is 15.7. The highest BCUT2D eigenvalue weighted by atomic mass is 19.1. The lowest BCUT2D eigenvalue weighted by Crippen LogP contribution is -2.30. The average molecular weight is 305 g/mol. The Balaban J connectivity index is 1.60. The van der Waals surface area contributed by atoms with Crippen molar-refractivity contribution in [2.75, 3.05) is 13.1 Å². The van der Waals surface area contributed by atoms with Crippen LogP contribution in [0.1, 0.15) is 25.6 Å². The molecule has 0 bridgehead atoms. The van der Waals surface area contributed by atoms with Crippen molar-refractivity contribution in [3.63, 3.8) is 0 Å². The summed E-state index contributed by atoms with van der Waals surface area (Å²) >= 11 is 0. The number of fused-ring (bicyclic) bond motifs is 1. The molecule has 2 aromatic rings. The molecule has 0 saturated carbocycles. The van der Waals surface area contributed by atoms with Gasteiger partial charge in [0.2, 0.25) is 5.91 Å². The lowest BCUT2D eigenvalue weighted by atomic mass is 10.0. The maximum Gasteiger partial charge on any atom is 0.223 e. The first-order valence-corrected chi connectivity index (χ1v) is 7.63. The van der Waals surface area contributed by atoms with E-state index in [1.807, 2.05) is 0 Å². The van der Waals surface area contributed by atoms with Gasteiger partial charge in [0.25, 0.3) is 0 Å². The van der Waals surface area contributed by atoms with E-state index in [0.29, 0.717) is 42.8 Å². The monoisotopic (exact) mass is 305 g/mol. The third-order valence-corrected chi connectivity index (χ3v) is 4.35. The fourth-order valence-electron chi connectivity index (χ4n) is 2.96. The first-order valence-electron chi connectivity index (χ1n) is 7.63. The summed E-state index contributed by atoms with van der Waals surface area (Å²) in [6, 6.07) is 4.77. The van der Waals surface area contributed by atoms with Gasteiger partial charge in [-0.05, 0) is 25.5 Å². The van der Waals surface area contributed by atoms with Crippen LogP contribution in [0.3, 0.4) is 0 Å². The Bertz CT molecular complexity index is 683. The molecular weight excluding hydrogens is 285 g/mol. The van der Waals surface area contributed by atoms with Crippen LogP contribution in [-0.4, -0.2) is 45.1 Å². The van der Waals surface area contributed by atoms with E-state index < -0.39 is 0 Å². The van der Waals surface area contributed by atoms with Gasteiger partial charge >= 0.3 is 0 Å². The van der Waals surface area contributed by atoms with Crippen molar-refractivity contribution in [1.29, 1.82) is 0 Å². The van der Waals surface area contributed by atoms with Gasteiger partial charge in [-0.15, -0.1) is 0 Å². The highest BCUT2D eigenvalue weighted by molar-refractivity contribution is 5.78. The number of benzene rings is 1. The molecule has 0 aliphatic carbocycles. The lowest BCUT2D eigenvalue weighted by molar-refractivity contribution is -0.130. The van der Waals surface area contributed by atoms with Crippen LogP contribution in [-0.2, 0) is 11.2 Å². The molecule has 22 heavy (non-hydrogen) atoms. The number of aliphatic hydroxyl groups is 1. The molecule has 1 fully saturated rings. The van der Waals surface area contributed by atoms with Gasteiger partial charge in [0, 0.05) is 31.8 Å². The molecule has 3 rings (SSSR count). The van der Waals surface area contributed by atoms with Gasteiger partial charge in [0.05, 0.1) is 11.6 Å². The molecule has 6 heteroatoms. The summed E-state index contributed by atoms with van der Waals surface area (Å²) in [4.78, 5) is 21.2.